The van der Waals surface area contributed by atoms with Gasteiger partial charge in [-0.3, -0.25) is 14.4 Å². The summed E-state index contributed by atoms with van der Waals surface area (Å²) in [5, 5.41) is 0. The van der Waals surface area contributed by atoms with Gasteiger partial charge in [-0.25, -0.2) is 4.79 Å². The van der Waals surface area contributed by atoms with Gasteiger partial charge in [0, 0.05) is 11.5 Å². The molecule has 2 aromatic rings. The molecule has 8 nitrogen and oxygen atoms in total. The van der Waals surface area contributed by atoms with E-state index in [0.717, 1.165) is 5.56 Å². The second-order valence-corrected chi connectivity index (χ2v) is 10.9. The lowest BCUT2D eigenvalue weighted by atomic mass is 9.44. The molecule has 1 saturated heterocycles. The number of hydrogen-bond donors (Lipinski definition) is 0. The smallest absolute Gasteiger partial charge is 0.343 e. The Bertz CT molecular complexity index is 1290. The Morgan fingerprint density at radius 1 is 1.11 bits per heavy atom. The zero-order chi connectivity index (χ0) is 26.5. The van der Waals surface area contributed by atoms with E-state index in [9.17, 15) is 19.2 Å². The third-order valence-corrected chi connectivity index (χ3v) is 8.61. The molecule has 0 amide bonds. The summed E-state index contributed by atoms with van der Waals surface area (Å²) in [6, 6.07) is 8.59. The van der Waals surface area contributed by atoms with E-state index in [-0.39, 0.29) is 11.7 Å². The zero-order valence-corrected chi connectivity index (χ0v) is 21.3. The summed E-state index contributed by atoms with van der Waals surface area (Å²) >= 11 is 0. The summed E-state index contributed by atoms with van der Waals surface area (Å²) in [6.45, 7) is 5.65. The van der Waals surface area contributed by atoms with Crippen molar-refractivity contribution >= 4 is 23.7 Å². The van der Waals surface area contributed by atoms with E-state index in [1.165, 1.54) is 25.7 Å². The molecule has 3 aliphatic rings. The van der Waals surface area contributed by atoms with E-state index in [4.69, 9.17) is 18.6 Å². The minimum Gasteiger partial charge on any atom is -0.472 e. The normalized spacial score (nSPS) is 32.9. The number of allylic oxidation sites excluding steroid dienone is 1. The van der Waals surface area contributed by atoms with Crippen LogP contribution in [0.15, 0.2) is 59.1 Å². The average molecular weight is 507 g/mol. The van der Waals surface area contributed by atoms with Crippen LogP contribution < -0.4 is 0 Å². The molecule has 1 aromatic heterocycles. The van der Waals surface area contributed by atoms with Gasteiger partial charge in [0.2, 0.25) is 5.78 Å². The molecule has 2 aliphatic carbocycles. The van der Waals surface area contributed by atoms with Gasteiger partial charge < -0.3 is 18.6 Å². The maximum atomic E-state index is 14.1. The summed E-state index contributed by atoms with van der Waals surface area (Å²) in [6.07, 6.45) is 5.13. The maximum absolute atomic E-state index is 14.1. The lowest BCUT2D eigenvalue weighted by molar-refractivity contribution is -0.197. The molecule has 6 atom stereocenters. The molecule has 5 rings (SSSR count). The molecule has 8 heteroatoms. The van der Waals surface area contributed by atoms with Crippen LogP contribution in [0.2, 0.25) is 0 Å². The molecule has 0 unspecified atom stereocenters. The molecule has 0 N–H and O–H groups in total. The highest BCUT2D eigenvalue weighted by Crippen LogP contribution is 2.64. The number of furan rings is 1. The van der Waals surface area contributed by atoms with Gasteiger partial charge in [-0.05, 0) is 61.3 Å². The summed E-state index contributed by atoms with van der Waals surface area (Å²) in [4.78, 5) is 53.4. The van der Waals surface area contributed by atoms with Gasteiger partial charge in [0.15, 0.2) is 5.76 Å². The lowest BCUT2D eigenvalue weighted by Gasteiger charge is -2.59. The second-order valence-electron chi connectivity index (χ2n) is 10.9. The Balaban J connectivity index is 1.57. The molecule has 1 aliphatic heterocycles. The van der Waals surface area contributed by atoms with Crippen molar-refractivity contribution in [3.8, 4) is 0 Å². The number of rotatable bonds is 4. The van der Waals surface area contributed by atoms with Crippen LogP contribution in [0, 0.1) is 35.5 Å². The number of aryl methyl sites for hydroxylation is 1. The SMILES string of the molecule is COC(=O)[C@@H]1C=C(OC(=O)c2cccc(C)c2)C(=O)[C@H]2[C@@]1(C)CC[C@H]1C(=O)O[C@H](c3ccoc3)C[C@]21C. The van der Waals surface area contributed by atoms with Crippen molar-refractivity contribution in [2.45, 2.75) is 46.1 Å². The van der Waals surface area contributed by atoms with Crippen molar-refractivity contribution in [3.05, 3.63) is 71.4 Å². The van der Waals surface area contributed by atoms with Crippen LogP contribution in [-0.2, 0) is 28.6 Å². The van der Waals surface area contributed by atoms with Gasteiger partial charge in [-0.15, -0.1) is 0 Å². The first-order valence-electron chi connectivity index (χ1n) is 12.4. The number of carbonyl (C=O) groups excluding carboxylic acids is 4. The average Bonchev–Trinajstić information content (AvgIpc) is 3.39. The molecular formula is C29H30O8. The minimum absolute atomic E-state index is 0.190. The van der Waals surface area contributed by atoms with E-state index in [2.05, 4.69) is 0 Å². The lowest BCUT2D eigenvalue weighted by Crippen LogP contribution is -2.61. The number of ketones is 1. The molecule has 0 bridgehead atoms. The quantitative estimate of drug-likeness (QED) is 0.433. The summed E-state index contributed by atoms with van der Waals surface area (Å²) in [5.41, 5.74) is 0.170. The van der Waals surface area contributed by atoms with Crippen molar-refractivity contribution in [2.75, 3.05) is 7.11 Å². The van der Waals surface area contributed by atoms with Gasteiger partial charge in [0.1, 0.15) is 6.10 Å². The highest BCUT2D eigenvalue weighted by molar-refractivity contribution is 6.03. The van der Waals surface area contributed by atoms with Crippen LogP contribution in [0.4, 0.5) is 0 Å². The van der Waals surface area contributed by atoms with Gasteiger partial charge in [-0.2, -0.15) is 0 Å². The van der Waals surface area contributed by atoms with Gasteiger partial charge in [-0.1, -0.05) is 31.5 Å². The highest BCUT2D eigenvalue weighted by atomic mass is 16.6. The van der Waals surface area contributed by atoms with Crippen molar-refractivity contribution in [3.63, 3.8) is 0 Å². The first-order chi connectivity index (χ1) is 17.6. The number of benzene rings is 1. The first kappa shape index (κ1) is 25.0. The van der Waals surface area contributed by atoms with Crippen LogP contribution in [0.3, 0.4) is 0 Å². The fourth-order valence-corrected chi connectivity index (χ4v) is 6.82. The van der Waals surface area contributed by atoms with Crippen LogP contribution in [0.5, 0.6) is 0 Å². The van der Waals surface area contributed by atoms with E-state index < -0.39 is 52.4 Å². The second kappa shape index (κ2) is 9.01. The number of esters is 3. The number of Topliss-reactive ketones (excluding diaryl/α,β-unsaturated/α-hetero) is 1. The number of methoxy groups -OCH3 is 1. The molecule has 194 valence electrons. The molecule has 2 fully saturated rings. The molecule has 1 saturated carbocycles. The van der Waals surface area contributed by atoms with E-state index >= 15 is 0 Å². The van der Waals surface area contributed by atoms with Gasteiger partial charge in [0.25, 0.3) is 0 Å². The number of carbonyl (C=O) groups is 4. The fraction of sp³-hybridized carbons (Fsp3) is 0.448. The van der Waals surface area contributed by atoms with E-state index in [1.54, 1.807) is 24.3 Å². The first-order valence-corrected chi connectivity index (χ1v) is 12.4. The van der Waals surface area contributed by atoms with Crippen LogP contribution in [0.1, 0.15) is 60.7 Å². The largest absolute Gasteiger partial charge is 0.472 e. The van der Waals surface area contributed by atoms with Crippen molar-refractivity contribution in [2.24, 2.45) is 28.6 Å². The predicted octanol–water partition coefficient (Wildman–Crippen LogP) is 4.73. The molecule has 0 radical (unpaired) electrons. The molecule has 2 heterocycles. The summed E-state index contributed by atoms with van der Waals surface area (Å²) in [5.74, 6) is -4.32. The number of hydrogen-bond acceptors (Lipinski definition) is 8. The third kappa shape index (κ3) is 3.99. The van der Waals surface area contributed by atoms with Crippen molar-refractivity contribution < 1.29 is 37.8 Å². The topological polar surface area (TPSA) is 109 Å². The fourth-order valence-electron chi connectivity index (χ4n) is 6.82. The van der Waals surface area contributed by atoms with E-state index in [0.29, 0.717) is 30.4 Å². The minimum atomic E-state index is -0.858. The number of ether oxygens (including phenoxy) is 3. The Morgan fingerprint density at radius 2 is 1.89 bits per heavy atom. The molecule has 1 aromatic carbocycles. The predicted molar refractivity (Wildman–Crippen MR) is 130 cm³/mol. The Kier molecular flexibility index (Phi) is 6.09. The Morgan fingerprint density at radius 3 is 2.57 bits per heavy atom. The zero-order valence-electron chi connectivity index (χ0n) is 21.3. The monoisotopic (exact) mass is 506 g/mol. The molecule has 0 spiro atoms. The van der Waals surface area contributed by atoms with Crippen LogP contribution in [0.25, 0.3) is 0 Å². The summed E-state index contributed by atoms with van der Waals surface area (Å²) in [7, 11) is 1.30. The standard InChI is InChI=1S/C29H30O8/c1-16-6-5-7-17(12-16)25(31)36-21-13-20(26(32)34-4)28(2)10-8-19-27(33)37-22(18-9-11-35-15-18)14-29(19,3)24(28)23(21)30/h5-7,9,11-13,15,19-20,22,24H,8,10,14H2,1-4H3/t19-,20-,22-,24-,28-,29-/m0/s1. The van der Waals surface area contributed by atoms with Gasteiger partial charge in [0.05, 0.1) is 37.0 Å². The molecule has 37 heavy (non-hydrogen) atoms. The van der Waals surface area contributed by atoms with Crippen molar-refractivity contribution in [1.82, 2.24) is 0 Å². The molecular weight excluding hydrogens is 476 g/mol. The number of cyclic esters (lactones) is 1. The van der Waals surface area contributed by atoms with Gasteiger partial charge >= 0.3 is 17.9 Å². The van der Waals surface area contributed by atoms with E-state index in [1.807, 2.05) is 26.8 Å². The Labute approximate surface area is 214 Å². The highest BCUT2D eigenvalue weighted by Gasteiger charge is 2.66. The Hall–Kier alpha value is -3.68. The third-order valence-electron chi connectivity index (χ3n) is 8.61. The van der Waals surface area contributed by atoms with Crippen molar-refractivity contribution in [1.29, 1.82) is 0 Å². The summed E-state index contributed by atoms with van der Waals surface area (Å²) < 4.78 is 21.7. The van der Waals surface area contributed by atoms with Crippen LogP contribution in [-0.4, -0.2) is 30.8 Å². The number of fused-ring (bicyclic) bond motifs is 3. The maximum Gasteiger partial charge on any atom is 0.343 e. The van der Waals surface area contributed by atoms with Crippen LogP contribution >= 0.6 is 0 Å².